The normalized spacial score (nSPS) is 10.4. The van der Waals surface area contributed by atoms with E-state index >= 15 is 0 Å². The molecule has 0 aliphatic heterocycles. The van der Waals surface area contributed by atoms with Gasteiger partial charge in [-0.05, 0) is 47.7 Å². The average molecular weight is 353 g/mol. The van der Waals surface area contributed by atoms with Gasteiger partial charge in [0.05, 0.1) is 13.7 Å². The molecule has 26 heavy (non-hydrogen) atoms. The summed E-state index contributed by atoms with van der Waals surface area (Å²) in [7, 11) is 3.32. The lowest BCUT2D eigenvalue weighted by molar-refractivity contribution is 0.102. The highest BCUT2D eigenvalue weighted by atomic mass is 16.5. The Morgan fingerprint density at radius 2 is 2.04 bits per heavy atom. The lowest BCUT2D eigenvalue weighted by atomic mass is 10.1. The van der Waals surface area contributed by atoms with Gasteiger partial charge in [-0.15, -0.1) is 5.10 Å². The van der Waals surface area contributed by atoms with Crippen LogP contribution >= 0.6 is 0 Å². The van der Waals surface area contributed by atoms with Crippen molar-refractivity contribution in [2.45, 2.75) is 6.92 Å². The van der Waals surface area contributed by atoms with E-state index in [1.54, 1.807) is 43.1 Å². The van der Waals surface area contributed by atoms with Crippen LogP contribution < -0.4 is 14.8 Å². The van der Waals surface area contributed by atoms with Crippen LogP contribution in [0, 0.1) is 0 Å². The van der Waals surface area contributed by atoms with E-state index in [1.807, 2.05) is 25.1 Å². The molecular weight excluding hydrogens is 334 g/mol. The van der Waals surface area contributed by atoms with Gasteiger partial charge in [0.15, 0.2) is 17.3 Å². The first-order valence-corrected chi connectivity index (χ1v) is 8.07. The van der Waals surface area contributed by atoms with Crippen molar-refractivity contribution in [2.75, 3.05) is 19.0 Å². The van der Waals surface area contributed by atoms with Gasteiger partial charge in [0, 0.05) is 23.9 Å². The number of carbonyl (C=O) groups is 1. The van der Waals surface area contributed by atoms with E-state index in [2.05, 4.69) is 20.8 Å². The van der Waals surface area contributed by atoms with Crippen LogP contribution in [0.4, 0.5) is 5.69 Å². The second kappa shape index (κ2) is 7.64. The minimum absolute atomic E-state index is 0.248. The number of nitrogens with zero attached hydrogens (tertiary/aromatic N) is 4. The smallest absolute Gasteiger partial charge is 0.255 e. The van der Waals surface area contributed by atoms with E-state index in [9.17, 15) is 4.79 Å². The third kappa shape index (κ3) is 3.64. The highest BCUT2D eigenvalue weighted by molar-refractivity contribution is 6.04. The first kappa shape index (κ1) is 17.4. The summed E-state index contributed by atoms with van der Waals surface area (Å²) in [5, 5.41) is 14.3. The summed E-state index contributed by atoms with van der Waals surface area (Å²) in [6.45, 7) is 2.36. The van der Waals surface area contributed by atoms with Crippen molar-refractivity contribution in [2.24, 2.45) is 7.05 Å². The summed E-state index contributed by atoms with van der Waals surface area (Å²) in [6, 6.07) is 12.4. The van der Waals surface area contributed by atoms with Crippen LogP contribution in [0.25, 0.3) is 11.4 Å². The Bertz CT molecular complexity index is 923. The minimum Gasteiger partial charge on any atom is -0.493 e. The molecule has 1 amide bonds. The molecule has 1 heterocycles. The van der Waals surface area contributed by atoms with Gasteiger partial charge in [-0.2, -0.15) is 0 Å². The van der Waals surface area contributed by atoms with Crippen LogP contribution in [0.15, 0.2) is 42.5 Å². The van der Waals surface area contributed by atoms with Gasteiger partial charge >= 0.3 is 0 Å². The Morgan fingerprint density at radius 3 is 2.73 bits per heavy atom. The molecule has 0 radical (unpaired) electrons. The van der Waals surface area contributed by atoms with Crippen molar-refractivity contribution in [3.63, 3.8) is 0 Å². The van der Waals surface area contributed by atoms with Crippen molar-refractivity contribution in [3.8, 4) is 22.9 Å². The molecule has 2 aromatic carbocycles. The Hall–Kier alpha value is -3.42. The quantitative estimate of drug-likeness (QED) is 0.732. The standard InChI is InChI=1S/C18H19N5O3/c1-4-26-16-11-13(8-9-15(16)25-3)18(24)19-14-7-5-6-12(10-14)17-20-21-22-23(17)2/h5-11H,4H2,1-3H3,(H,19,24). The zero-order valence-corrected chi connectivity index (χ0v) is 14.8. The Kier molecular flexibility index (Phi) is 5.12. The molecule has 8 heteroatoms. The SMILES string of the molecule is CCOc1cc(C(=O)Nc2cccc(-c3nnnn3C)c2)ccc1OC. The molecule has 134 valence electrons. The molecule has 1 N–H and O–H groups in total. The number of anilines is 1. The lowest BCUT2D eigenvalue weighted by Gasteiger charge is -2.11. The third-order valence-corrected chi connectivity index (χ3v) is 3.72. The van der Waals surface area contributed by atoms with Gasteiger partial charge in [0.1, 0.15) is 0 Å². The van der Waals surface area contributed by atoms with Crippen LogP contribution in [0.1, 0.15) is 17.3 Å². The van der Waals surface area contributed by atoms with Crippen LogP contribution in [0.3, 0.4) is 0 Å². The molecule has 0 saturated carbocycles. The Balaban J connectivity index is 1.82. The zero-order valence-electron chi connectivity index (χ0n) is 14.8. The number of hydrogen-bond donors (Lipinski definition) is 1. The fourth-order valence-corrected chi connectivity index (χ4v) is 2.50. The van der Waals surface area contributed by atoms with E-state index in [-0.39, 0.29) is 5.91 Å². The summed E-state index contributed by atoms with van der Waals surface area (Å²) < 4.78 is 12.3. The van der Waals surface area contributed by atoms with Gasteiger partial charge in [-0.25, -0.2) is 4.68 Å². The monoisotopic (exact) mass is 353 g/mol. The maximum atomic E-state index is 12.6. The number of methoxy groups -OCH3 is 1. The topological polar surface area (TPSA) is 91.2 Å². The van der Waals surface area contributed by atoms with Gasteiger partial charge in [-0.1, -0.05) is 12.1 Å². The van der Waals surface area contributed by atoms with Crippen molar-refractivity contribution >= 4 is 11.6 Å². The molecule has 3 rings (SSSR count). The van der Waals surface area contributed by atoms with E-state index in [0.29, 0.717) is 35.2 Å². The number of aryl methyl sites for hydroxylation is 1. The van der Waals surface area contributed by atoms with Gasteiger partial charge in [0.25, 0.3) is 5.91 Å². The number of ether oxygens (including phenoxy) is 2. The number of tetrazole rings is 1. The van der Waals surface area contributed by atoms with E-state index in [1.165, 1.54) is 0 Å². The molecule has 0 fully saturated rings. The number of aromatic nitrogens is 4. The highest BCUT2D eigenvalue weighted by Crippen LogP contribution is 2.28. The second-order valence-corrected chi connectivity index (χ2v) is 5.46. The second-order valence-electron chi connectivity index (χ2n) is 5.46. The molecule has 0 spiro atoms. The van der Waals surface area contributed by atoms with Crippen molar-refractivity contribution in [1.82, 2.24) is 20.2 Å². The first-order chi connectivity index (χ1) is 12.6. The summed E-state index contributed by atoms with van der Waals surface area (Å²) in [5.74, 6) is 1.48. The zero-order chi connectivity index (χ0) is 18.5. The molecule has 8 nitrogen and oxygen atoms in total. The Labute approximate surface area is 150 Å². The largest absolute Gasteiger partial charge is 0.493 e. The fraction of sp³-hybridized carbons (Fsp3) is 0.222. The molecule has 1 aromatic heterocycles. The molecular formula is C18H19N5O3. The number of nitrogens with one attached hydrogen (secondary N) is 1. The van der Waals surface area contributed by atoms with Gasteiger partial charge in [-0.3, -0.25) is 4.79 Å². The summed E-state index contributed by atoms with van der Waals surface area (Å²) in [4.78, 5) is 12.6. The maximum absolute atomic E-state index is 12.6. The predicted molar refractivity (Wildman–Crippen MR) is 96.4 cm³/mol. The average Bonchev–Trinajstić information content (AvgIpc) is 3.08. The summed E-state index contributed by atoms with van der Waals surface area (Å²) in [6.07, 6.45) is 0. The molecule has 3 aromatic rings. The number of amides is 1. The van der Waals surface area contributed by atoms with Gasteiger partial charge in [0.2, 0.25) is 0 Å². The van der Waals surface area contributed by atoms with E-state index in [0.717, 1.165) is 5.56 Å². The molecule has 0 unspecified atom stereocenters. The summed E-state index contributed by atoms with van der Waals surface area (Å²) in [5.41, 5.74) is 1.92. The maximum Gasteiger partial charge on any atom is 0.255 e. The summed E-state index contributed by atoms with van der Waals surface area (Å²) >= 11 is 0. The predicted octanol–water partition coefficient (Wildman–Crippen LogP) is 2.54. The lowest BCUT2D eigenvalue weighted by Crippen LogP contribution is -2.12. The van der Waals surface area contributed by atoms with E-state index in [4.69, 9.17) is 9.47 Å². The van der Waals surface area contributed by atoms with E-state index < -0.39 is 0 Å². The van der Waals surface area contributed by atoms with Crippen LogP contribution in [0.2, 0.25) is 0 Å². The molecule has 0 aliphatic carbocycles. The van der Waals surface area contributed by atoms with Crippen molar-refractivity contribution in [3.05, 3.63) is 48.0 Å². The number of carbonyl (C=O) groups excluding carboxylic acids is 1. The molecule has 0 aliphatic rings. The highest BCUT2D eigenvalue weighted by Gasteiger charge is 2.12. The number of benzene rings is 2. The fourth-order valence-electron chi connectivity index (χ4n) is 2.50. The molecule has 0 bridgehead atoms. The minimum atomic E-state index is -0.248. The molecule has 0 saturated heterocycles. The van der Waals surface area contributed by atoms with Crippen LogP contribution in [-0.2, 0) is 7.05 Å². The van der Waals surface area contributed by atoms with Gasteiger partial charge < -0.3 is 14.8 Å². The Morgan fingerprint density at radius 1 is 1.19 bits per heavy atom. The number of hydrogen-bond acceptors (Lipinski definition) is 6. The van der Waals surface area contributed by atoms with Crippen molar-refractivity contribution in [1.29, 1.82) is 0 Å². The third-order valence-electron chi connectivity index (χ3n) is 3.72. The van der Waals surface area contributed by atoms with Crippen molar-refractivity contribution < 1.29 is 14.3 Å². The first-order valence-electron chi connectivity index (χ1n) is 8.07. The van der Waals surface area contributed by atoms with Crippen LogP contribution in [-0.4, -0.2) is 39.8 Å². The van der Waals surface area contributed by atoms with Crippen LogP contribution in [0.5, 0.6) is 11.5 Å². The molecule has 0 atom stereocenters. The number of rotatable bonds is 6.